The monoisotopic (exact) mass is 409 g/mol. The van der Waals surface area contributed by atoms with Crippen molar-refractivity contribution in [1.29, 1.82) is 0 Å². The number of carbonyl (C=O) groups is 2. The number of para-hydroxylation sites is 3. The predicted molar refractivity (Wildman–Crippen MR) is 119 cm³/mol. The summed E-state index contributed by atoms with van der Waals surface area (Å²) in [7, 11) is 0. The Bertz CT molecular complexity index is 831. The van der Waals surface area contributed by atoms with E-state index < -0.39 is 0 Å². The summed E-state index contributed by atoms with van der Waals surface area (Å²) in [6.45, 7) is 7.91. The Labute approximate surface area is 178 Å². The Morgan fingerprint density at radius 3 is 2.33 bits per heavy atom. The first-order chi connectivity index (χ1) is 14.5. The van der Waals surface area contributed by atoms with Crippen LogP contribution in [0.25, 0.3) is 0 Å². The van der Waals surface area contributed by atoms with E-state index in [4.69, 9.17) is 4.74 Å². The van der Waals surface area contributed by atoms with E-state index in [0.717, 1.165) is 31.9 Å². The molecule has 3 rings (SSSR count). The van der Waals surface area contributed by atoms with E-state index in [-0.39, 0.29) is 11.8 Å². The van der Waals surface area contributed by atoms with Crippen molar-refractivity contribution in [3.05, 3.63) is 54.6 Å². The molecule has 0 saturated carbocycles. The average Bonchev–Trinajstić information content (AvgIpc) is 2.74. The Balaban J connectivity index is 1.45. The fourth-order valence-corrected chi connectivity index (χ4v) is 3.45. The highest BCUT2D eigenvalue weighted by Crippen LogP contribution is 2.29. The molecule has 1 heterocycles. The number of nitrogens with zero attached hydrogens (tertiary/aromatic N) is 2. The molecular weight excluding hydrogens is 378 g/mol. The fraction of sp³-hybridized carbons (Fsp3) is 0.417. The summed E-state index contributed by atoms with van der Waals surface area (Å²) in [5, 5.41) is 2.96. The zero-order valence-corrected chi connectivity index (χ0v) is 17.8. The Kier molecular flexibility index (Phi) is 7.85. The van der Waals surface area contributed by atoms with E-state index >= 15 is 0 Å². The molecule has 0 radical (unpaired) electrons. The molecule has 160 valence electrons. The van der Waals surface area contributed by atoms with E-state index in [0.29, 0.717) is 36.7 Å². The maximum absolute atomic E-state index is 12.5. The quantitative estimate of drug-likeness (QED) is 0.716. The van der Waals surface area contributed by atoms with Gasteiger partial charge in [0, 0.05) is 45.6 Å². The average molecular weight is 410 g/mol. The molecule has 0 aromatic heterocycles. The molecule has 0 spiro atoms. The first-order valence-corrected chi connectivity index (χ1v) is 10.6. The lowest BCUT2D eigenvalue weighted by molar-refractivity contribution is -0.134. The summed E-state index contributed by atoms with van der Waals surface area (Å²) >= 11 is 0. The zero-order valence-electron chi connectivity index (χ0n) is 17.8. The van der Waals surface area contributed by atoms with Crippen LogP contribution in [0.15, 0.2) is 54.6 Å². The Hall–Kier alpha value is -2.86. The molecule has 6 nitrogen and oxygen atoms in total. The molecule has 30 heavy (non-hydrogen) atoms. The van der Waals surface area contributed by atoms with Gasteiger partial charge in [-0.25, -0.2) is 0 Å². The first kappa shape index (κ1) is 21.8. The van der Waals surface area contributed by atoms with Crippen LogP contribution in [0.5, 0.6) is 11.5 Å². The highest BCUT2D eigenvalue weighted by molar-refractivity contribution is 5.92. The van der Waals surface area contributed by atoms with Gasteiger partial charge < -0.3 is 15.0 Å². The van der Waals surface area contributed by atoms with Crippen LogP contribution in [-0.4, -0.2) is 54.3 Å². The van der Waals surface area contributed by atoms with Crippen molar-refractivity contribution in [2.45, 2.75) is 26.7 Å². The van der Waals surface area contributed by atoms with Gasteiger partial charge in [-0.2, -0.15) is 0 Å². The van der Waals surface area contributed by atoms with E-state index in [9.17, 15) is 9.59 Å². The summed E-state index contributed by atoms with van der Waals surface area (Å²) in [5.41, 5.74) is 0.662. The number of carbonyl (C=O) groups excluding carboxylic acids is 2. The van der Waals surface area contributed by atoms with Crippen LogP contribution < -0.4 is 10.1 Å². The standard InChI is InChI=1S/C24H31N3O3/c1-19(2)18-24(29)27-16-14-26(15-17-27)13-12-23(28)25-21-10-6-7-11-22(21)30-20-8-4-3-5-9-20/h3-11,19H,12-18H2,1-2H3,(H,25,28). The minimum atomic E-state index is -0.0441. The maximum Gasteiger partial charge on any atom is 0.225 e. The van der Waals surface area contributed by atoms with Gasteiger partial charge in [-0.3, -0.25) is 14.5 Å². The second-order valence-electron chi connectivity index (χ2n) is 8.03. The summed E-state index contributed by atoms with van der Waals surface area (Å²) in [6, 6.07) is 17.0. The lowest BCUT2D eigenvalue weighted by Gasteiger charge is -2.35. The Morgan fingerprint density at radius 1 is 0.967 bits per heavy atom. The smallest absolute Gasteiger partial charge is 0.225 e. The number of amides is 2. The molecule has 1 saturated heterocycles. The number of nitrogens with one attached hydrogen (secondary N) is 1. The van der Waals surface area contributed by atoms with Crippen molar-refractivity contribution in [2.24, 2.45) is 5.92 Å². The summed E-state index contributed by atoms with van der Waals surface area (Å²) in [5.74, 6) is 1.92. The molecule has 2 aromatic rings. The van der Waals surface area contributed by atoms with Crippen LogP contribution in [0.3, 0.4) is 0 Å². The minimum Gasteiger partial charge on any atom is -0.455 e. The van der Waals surface area contributed by atoms with Gasteiger partial charge >= 0.3 is 0 Å². The van der Waals surface area contributed by atoms with Crippen molar-refractivity contribution in [3.63, 3.8) is 0 Å². The van der Waals surface area contributed by atoms with Crippen molar-refractivity contribution in [1.82, 2.24) is 9.80 Å². The SMILES string of the molecule is CC(C)CC(=O)N1CCN(CCC(=O)Nc2ccccc2Oc2ccccc2)CC1. The highest BCUT2D eigenvalue weighted by Gasteiger charge is 2.21. The van der Waals surface area contributed by atoms with Gasteiger partial charge in [0.2, 0.25) is 11.8 Å². The van der Waals surface area contributed by atoms with Gasteiger partial charge in [-0.1, -0.05) is 44.2 Å². The van der Waals surface area contributed by atoms with E-state index in [1.807, 2.05) is 59.5 Å². The van der Waals surface area contributed by atoms with Gasteiger partial charge in [-0.15, -0.1) is 0 Å². The van der Waals surface area contributed by atoms with Crippen molar-refractivity contribution >= 4 is 17.5 Å². The third kappa shape index (κ3) is 6.59. The molecule has 1 fully saturated rings. The van der Waals surface area contributed by atoms with Gasteiger partial charge in [0.05, 0.1) is 5.69 Å². The minimum absolute atomic E-state index is 0.0441. The summed E-state index contributed by atoms with van der Waals surface area (Å²) in [4.78, 5) is 28.9. The summed E-state index contributed by atoms with van der Waals surface area (Å²) < 4.78 is 5.90. The van der Waals surface area contributed by atoms with Crippen LogP contribution >= 0.6 is 0 Å². The van der Waals surface area contributed by atoms with E-state index in [1.54, 1.807) is 0 Å². The molecule has 0 aliphatic carbocycles. The molecule has 1 N–H and O–H groups in total. The van der Waals surface area contributed by atoms with E-state index in [2.05, 4.69) is 24.1 Å². The molecule has 2 amide bonds. The van der Waals surface area contributed by atoms with Crippen molar-refractivity contribution in [3.8, 4) is 11.5 Å². The van der Waals surface area contributed by atoms with Crippen LogP contribution in [0.4, 0.5) is 5.69 Å². The number of anilines is 1. The molecule has 2 aromatic carbocycles. The van der Waals surface area contributed by atoms with Crippen LogP contribution in [0, 0.1) is 5.92 Å². The molecule has 1 aliphatic rings. The largest absolute Gasteiger partial charge is 0.455 e. The number of benzene rings is 2. The van der Waals surface area contributed by atoms with Crippen LogP contribution in [0.2, 0.25) is 0 Å². The number of hydrogen-bond donors (Lipinski definition) is 1. The Morgan fingerprint density at radius 2 is 1.63 bits per heavy atom. The molecular formula is C24H31N3O3. The lowest BCUT2D eigenvalue weighted by atomic mass is 10.1. The number of hydrogen-bond acceptors (Lipinski definition) is 4. The molecule has 1 aliphatic heterocycles. The highest BCUT2D eigenvalue weighted by atomic mass is 16.5. The molecule has 0 unspecified atom stereocenters. The van der Waals surface area contributed by atoms with Crippen molar-refractivity contribution in [2.75, 3.05) is 38.0 Å². The number of piperazine rings is 1. The maximum atomic E-state index is 12.5. The first-order valence-electron chi connectivity index (χ1n) is 10.6. The predicted octanol–water partition coefficient (Wildman–Crippen LogP) is 4.00. The molecule has 6 heteroatoms. The fourth-order valence-electron chi connectivity index (χ4n) is 3.45. The van der Waals surface area contributed by atoms with Gasteiger partial charge in [0.25, 0.3) is 0 Å². The second kappa shape index (κ2) is 10.8. The van der Waals surface area contributed by atoms with E-state index in [1.165, 1.54) is 0 Å². The second-order valence-corrected chi connectivity index (χ2v) is 8.03. The summed E-state index contributed by atoms with van der Waals surface area (Å²) in [6.07, 6.45) is 1.01. The lowest BCUT2D eigenvalue weighted by Crippen LogP contribution is -2.49. The normalized spacial score (nSPS) is 14.6. The van der Waals surface area contributed by atoms with Crippen LogP contribution in [0.1, 0.15) is 26.7 Å². The molecule has 0 bridgehead atoms. The van der Waals surface area contributed by atoms with Gasteiger partial charge in [-0.05, 0) is 30.2 Å². The zero-order chi connectivity index (χ0) is 21.3. The van der Waals surface area contributed by atoms with Crippen molar-refractivity contribution < 1.29 is 14.3 Å². The van der Waals surface area contributed by atoms with Gasteiger partial charge in [0.15, 0.2) is 5.75 Å². The van der Waals surface area contributed by atoms with Crippen LogP contribution in [-0.2, 0) is 9.59 Å². The number of ether oxygens (including phenoxy) is 1. The topological polar surface area (TPSA) is 61.9 Å². The third-order valence-corrected chi connectivity index (χ3v) is 5.10. The van der Waals surface area contributed by atoms with Gasteiger partial charge in [0.1, 0.15) is 5.75 Å². The third-order valence-electron chi connectivity index (χ3n) is 5.10. The number of rotatable bonds is 8. The molecule has 0 atom stereocenters.